The highest BCUT2D eigenvalue weighted by Gasteiger charge is 2.34. The van der Waals surface area contributed by atoms with Crippen LogP contribution in [0.3, 0.4) is 0 Å². The summed E-state index contributed by atoms with van der Waals surface area (Å²) >= 11 is 6.95. The van der Waals surface area contributed by atoms with E-state index in [0.29, 0.717) is 71.2 Å². The zero-order valence-corrected chi connectivity index (χ0v) is 23.6. The van der Waals surface area contributed by atoms with E-state index >= 15 is 0 Å². The lowest BCUT2D eigenvalue weighted by Crippen LogP contribution is -2.57. The molecular formula is C26H29ClN10O2S. The van der Waals surface area contributed by atoms with E-state index in [1.165, 1.54) is 10.7 Å². The molecule has 1 aliphatic carbocycles. The molecule has 2 atom stereocenters. The molecule has 1 saturated carbocycles. The van der Waals surface area contributed by atoms with E-state index < -0.39 is 9.84 Å². The highest BCUT2D eigenvalue weighted by Crippen LogP contribution is 2.38. The number of piperazine rings is 1. The molecule has 2 saturated heterocycles. The molecule has 0 bridgehead atoms. The van der Waals surface area contributed by atoms with Gasteiger partial charge in [0, 0.05) is 37.8 Å². The molecule has 0 unspecified atom stereocenters. The minimum Gasteiger partial charge on any atom is -0.365 e. The van der Waals surface area contributed by atoms with Crippen molar-refractivity contribution in [3.8, 4) is 12.1 Å². The Labute approximate surface area is 237 Å². The van der Waals surface area contributed by atoms with Crippen LogP contribution in [0.15, 0.2) is 18.3 Å². The van der Waals surface area contributed by atoms with Gasteiger partial charge >= 0.3 is 0 Å². The van der Waals surface area contributed by atoms with Crippen LogP contribution in [0.4, 0.5) is 23.3 Å². The molecule has 208 valence electrons. The number of anilines is 4. The minimum atomic E-state index is -3.00. The summed E-state index contributed by atoms with van der Waals surface area (Å²) in [5.41, 5.74) is 2.30. The van der Waals surface area contributed by atoms with Gasteiger partial charge in [0.05, 0.1) is 45.7 Å². The van der Waals surface area contributed by atoms with Gasteiger partial charge in [-0.3, -0.25) is 4.90 Å². The van der Waals surface area contributed by atoms with Crippen molar-refractivity contribution in [2.24, 2.45) is 0 Å². The van der Waals surface area contributed by atoms with Crippen LogP contribution in [0.5, 0.6) is 0 Å². The lowest BCUT2D eigenvalue weighted by Gasteiger charge is -2.45. The fraction of sp³-hybridized carbons (Fsp3) is 0.500. The van der Waals surface area contributed by atoms with Crippen LogP contribution in [-0.4, -0.2) is 82.2 Å². The largest absolute Gasteiger partial charge is 0.365 e. The van der Waals surface area contributed by atoms with Crippen molar-refractivity contribution in [2.75, 3.05) is 46.7 Å². The number of nitrogens with one attached hydrogen (secondary N) is 2. The van der Waals surface area contributed by atoms with E-state index in [1.54, 1.807) is 12.1 Å². The Kier molecular flexibility index (Phi) is 6.90. The predicted octanol–water partition coefficient (Wildman–Crippen LogP) is 2.93. The fourth-order valence-corrected chi connectivity index (χ4v) is 7.57. The van der Waals surface area contributed by atoms with Crippen LogP contribution in [0.25, 0.3) is 5.65 Å². The molecule has 2 N–H and O–H groups in total. The Balaban J connectivity index is 1.28. The molecule has 3 aliphatic rings. The number of hydrogen-bond donors (Lipinski definition) is 2. The zero-order valence-electron chi connectivity index (χ0n) is 22.0. The second-order valence-corrected chi connectivity index (χ2v) is 13.3. The Morgan fingerprint density at radius 2 is 1.95 bits per heavy atom. The van der Waals surface area contributed by atoms with Crippen LogP contribution < -0.4 is 15.5 Å². The summed E-state index contributed by atoms with van der Waals surface area (Å²) in [4.78, 5) is 13.6. The average Bonchev–Trinajstić information content (AvgIpc) is 3.65. The minimum absolute atomic E-state index is 0.0360. The molecule has 3 fully saturated rings. The van der Waals surface area contributed by atoms with Gasteiger partial charge in [-0.25, -0.2) is 8.42 Å². The quantitative estimate of drug-likeness (QED) is 0.442. The SMILES string of the molecule is C[C@H]1CN([C@@H]2CCCS(=O)(=O)C2)CCN1c1cc(C#N)cc(Nc2nc(NC3CC3)n3ncc(C#N)c3n2)c1Cl. The Morgan fingerprint density at radius 1 is 1.12 bits per heavy atom. The molecule has 2 aliphatic heterocycles. The third-order valence-corrected chi connectivity index (χ3v) is 9.95. The third-order valence-electron chi connectivity index (χ3n) is 7.75. The van der Waals surface area contributed by atoms with E-state index in [-0.39, 0.29) is 29.5 Å². The monoisotopic (exact) mass is 580 g/mol. The van der Waals surface area contributed by atoms with Crippen molar-refractivity contribution in [2.45, 2.75) is 50.7 Å². The van der Waals surface area contributed by atoms with Crippen LogP contribution >= 0.6 is 11.6 Å². The molecule has 14 heteroatoms. The van der Waals surface area contributed by atoms with Crippen molar-refractivity contribution in [1.82, 2.24) is 24.5 Å². The Hall–Kier alpha value is -3.65. The number of halogens is 1. The Bertz CT molecular complexity index is 1660. The van der Waals surface area contributed by atoms with Gasteiger partial charge in [0.15, 0.2) is 15.5 Å². The van der Waals surface area contributed by atoms with Crippen LogP contribution in [0, 0.1) is 22.7 Å². The molecule has 40 heavy (non-hydrogen) atoms. The summed E-state index contributed by atoms with van der Waals surface area (Å²) in [5, 5.41) is 30.5. The topological polar surface area (TPSA) is 155 Å². The van der Waals surface area contributed by atoms with Gasteiger partial charge in [-0.15, -0.1) is 0 Å². The Morgan fingerprint density at radius 3 is 2.65 bits per heavy atom. The normalized spacial score (nSPS) is 22.9. The molecule has 6 rings (SSSR count). The lowest BCUT2D eigenvalue weighted by molar-refractivity contribution is 0.165. The van der Waals surface area contributed by atoms with E-state index in [9.17, 15) is 18.9 Å². The van der Waals surface area contributed by atoms with E-state index in [2.05, 4.69) is 54.6 Å². The van der Waals surface area contributed by atoms with Crippen LogP contribution in [-0.2, 0) is 9.84 Å². The first-order valence-corrected chi connectivity index (χ1v) is 15.6. The molecule has 12 nitrogen and oxygen atoms in total. The predicted molar refractivity (Wildman–Crippen MR) is 152 cm³/mol. The molecule has 0 spiro atoms. The molecule has 3 aromatic rings. The summed E-state index contributed by atoms with van der Waals surface area (Å²) in [5.74, 6) is 1.19. The zero-order chi connectivity index (χ0) is 28.0. The number of aromatic nitrogens is 4. The smallest absolute Gasteiger partial charge is 0.232 e. The molecule has 1 aromatic carbocycles. The van der Waals surface area contributed by atoms with E-state index in [4.69, 9.17) is 11.6 Å². The standard InChI is InChI=1S/C26H29ClN10O2S/c1-16-14-35(20-3-2-8-40(38,39)15-20)6-7-36(16)22-10-17(11-28)9-21(23(22)27)32-25-33-24-18(12-29)13-30-37(24)26(34-25)31-19-4-5-19/h9-10,13,16,19-20H,2-8,14-15H2,1H3,(H2,31,32,33,34)/t16-,20+/m0/s1. The number of rotatable bonds is 6. The lowest BCUT2D eigenvalue weighted by atomic mass is 10.1. The van der Waals surface area contributed by atoms with Gasteiger partial charge in [0.1, 0.15) is 11.6 Å². The highest BCUT2D eigenvalue weighted by molar-refractivity contribution is 7.91. The second kappa shape index (κ2) is 10.4. The number of hydrogen-bond acceptors (Lipinski definition) is 11. The highest BCUT2D eigenvalue weighted by atomic mass is 35.5. The summed E-state index contributed by atoms with van der Waals surface area (Å²) in [6, 6.07) is 8.15. The molecular weight excluding hydrogens is 552 g/mol. The van der Waals surface area contributed by atoms with Crippen molar-refractivity contribution in [1.29, 1.82) is 10.5 Å². The molecule has 2 aromatic heterocycles. The van der Waals surface area contributed by atoms with Crippen molar-refractivity contribution >= 4 is 50.4 Å². The van der Waals surface area contributed by atoms with E-state index in [1.807, 2.05) is 0 Å². The van der Waals surface area contributed by atoms with Crippen molar-refractivity contribution in [3.05, 3.63) is 34.5 Å². The number of nitriles is 2. The van der Waals surface area contributed by atoms with Crippen LogP contribution in [0.2, 0.25) is 5.02 Å². The first-order chi connectivity index (χ1) is 19.2. The summed E-state index contributed by atoms with van der Waals surface area (Å²) < 4.78 is 25.9. The maximum atomic E-state index is 12.2. The first kappa shape index (κ1) is 26.6. The molecule has 0 amide bonds. The summed E-state index contributed by atoms with van der Waals surface area (Å²) in [7, 11) is -3.00. The maximum absolute atomic E-state index is 12.2. The second-order valence-electron chi connectivity index (χ2n) is 10.7. The van der Waals surface area contributed by atoms with Gasteiger partial charge in [-0.05, 0) is 44.7 Å². The third kappa shape index (κ3) is 5.24. The van der Waals surface area contributed by atoms with Gasteiger partial charge in [0.2, 0.25) is 11.9 Å². The van der Waals surface area contributed by atoms with Gasteiger partial charge in [-0.1, -0.05) is 11.6 Å². The molecule has 4 heterocycles. The number of benzene rings is 1. The number of sulfone groups is 1. The van der Waals surface area contributed by atoms with Crippen molar-refractivity contribution < 1.29 is 8.42 Å². The molecule has 0 radical (unpaired) electrons. The number of nitrogens with zero attached hydrogens (tertiary/aromatic N) is 8. The van der Waals surface area contributed by atoms with Gasteiger partial charge in [0.25, 0.3) is 0 Å². The summed E-state index contributed by atoms with van der Waals surface area (Å²) in [6.07, 6.45) is 5.10. The van der Waals surface area contributed by atoms with Gasteiger partial charge in [-0.2, -0.15) is 30.1 Å². The average molecular weight is 581 g/mol. The van der Waals surface area contributed by atoms with Gasteiger partial charge < -0.3 is 15.5 Å². The maximum Gasteiger partial charge on any atom is 0.232 e. The van der Waals surface area contributed by atoms with E-state index in [0.717, 1.165) is 19.3 Å². The first-order valence-electron chi connectivity index (χ1n) is 13.4. The number of fused-ring (bicyclic) bond motifs is 1. The van der Waals surface area contributed by atoms with Crippen LogP contribution in [0.1, 0.15) is 43.7 Å². The fourth-order valence-electron chi connectivity index (χ4n) is 5.57. The summed E-state index contributed by atoms with van der Waals surface area (Å²) in [6.45, 7) is 4.13. The van der Waals surface area contributed by atoms with Crippen molar-refractivity contribution in [3.63, 3.8) is 0 Å².